The summed E-state index contributed by atoms with van der Waals surface area (Å²) in [7, 11) is 0. The summed E-state index contributed by atoms with van der Waals surface area (Å²) in [6.07, 6.45) is 0.711. The molecule has 0 fully saturated rings. The zero-order valence-electron chi connectivity index (χ0n) is 10.7. The van der Waals surface area contributed by atoms with Crippen molar-refractivity contribution in [1.29, 1.82) is 5.26 Å². The second-order valence-electron chi connectivity index (χ2n) is 4.50. The summed E-state index contributed by atoms with van der Waals surface area (Å²) in [5.41, 5.74) is -0.336. The maximum atomic E-state index is 8.88. The Morgan fingerprint density at radius 2 is 1.88 bits per heavy atom. The van der Waals surface area contributed by atoms with Crippen LogP contribution in [0.4, 0.5) is 0 Å². The van der Waals surface area contributed by atoms with Gasteiger partial charge in [-0.15, -0.1) is 0 Å². The first-order valence-corrected chi connectivity index (χ1v) is 5.84. The highest BCUT2D eigenvalue weighted by molar-refractivity contribution is 5.32. The molecule has 1 aromatic rings. The van der Waals surface area contributed by atoms with Gasteiger partial charge in [-0.1, -0.05) is 6.07 Å². The largest absolute Gasteiger partial charge is 0.494 e. The number of hydrogen-bond acceptors (Lipinski definition) is 3. The molecule has 0 heterocycles. The molecule has 3 nitrogen and oxygen atoms in total. The first-order chi connectivity index (χ1) is 8.07. The minimum Gasteiger partial charge on any atom is -0.494 e. The molecule has 0 saturated carbocycles. The van der Waals surface area contributed by atoms with E-state index in [1.807, 2.05) is 45.0 Å². The Balaban J connectivity index is 2.47. The number of hydrogen-bond donors (Lipinski definition) is 0. The molecule has 0 aromatic heterocycles. The van der Waals surface area contributed by atoms with Crippen LogP contribution in [-0.2, 0) is 0 Å². The lowest BCUT2D eigenvalue weighted by Gasteiger charge is -2.15. The number of nitriles is 1. The molecular formula is C14H19NO2. The summed E-state index contributed by atoms with van der Waals surface area (Å²) in [6.45, 7) is 6.95. The van der Waals surface area contributed by atoms with Crippen LogP contribution in [-0.4, -0.2) is 13.2 Å². The predicted molar refractivity (Wildman–Crippen MR) is 67.1 cm³/mol. The highest BCUT2D eigenvalue weighted by Gasteiger charge is 2.16. The molecule has 0 spiro atoms. The van der Waals surface area contributed by atoms with Crippen molar-refractivity contribution in [1.82, 2.24) is 0 Å². The predicted octanol–water partition coefficient (Wildman–Crippen LogP) is 3.40. The standard InChI is InChI=1S/C14H19NO2/c1-4-16-12-6-5-7-13(10-12)17-9-8-14(2,3)11-15/h5-7,10H,4,8-9H2,1-3H3. The maximum absolute atomic E-state index is 8.88. The minimum absolute atomic E-state index is 0.336. The minimum atomic E-state index is -0.336. The Morgan fingerprint density at radius 3 is 2.47 bits per heavy atom. The van der Waals surface area contributed by atoms with Crippen molar-refractivity contribution in [3.63, 3.8) is 0 Å². The third-order valence-corrected chi connectivity index (χ3v) is 2.41. The molecule has 0 radical (unpaired) electrons. The second kappa shape index (κ2) is 6.15. The summed E-state index contributed by atoms with van der Waals surface area (Å²) >= 11 is 0. The SMILES string of the molecule is CCOc1cccc(OCCC(C)(C)C#N)c1. The average molecular weight is 233 g/mol. The van der Waals surface area contributed by atoms with Crippen LogP contribution < -0.4 is 9.47 Å². The fourth-order valence-electron chi connectivity index (χ4n) is 1.30. The third-order valence-electron chi connectivity index (χ3n) is 2.41. The molecular weight excluding hydrogens is 214 g/mol. The summed E-state index contributed by atoms with van der Waals surface area (Å²) in [5.74, 6) is 1.59. The van der Waals surface area contributed by atoms with Gasteiger partial charge >= 0.3 is 0 Å². The zero-order chi connectivity index (χ0) is 12.7. The van der Waals surface area contributed by atoms with Crippen molar-refractivity contribution in [2.45, 2.75) is 27.2 Å². The summed E-state index contributed by atoms with van der Waals surface area (Å²) in [6, 6.07) is 9.81. The van der Waals surface area contributed by atoms with Gasteiger partial charge in [0, 0.05) is 6.07 Å². The zero-order valence-corrected chi connectivity index (χ0v) is 10.7. The molecule has 92 valence electrons. The van der Waals surface area contributed by atoms with E-state index < -0.39 is 0 Å². The van der Waals surface area contributed by atoms with Crippen LogP contribution in [0.5, 0.6) is 11.5 Å². The van der Waals surface area contributed by atoms with E-state index in [-0.39, 0.29) is 5.41 Å². The lowest BCUT2D eigenvalue weighted by Crippen LogP contribution is -2.13. The van der Waals surface area contributed by atoms with Gasteiger partial charge in [-0.05, 0) is 39.3 Å². The summed E-state index contributed by atoms with van der Waals surface area (Å²) < 4.78 is 11.0. The van der Waals surface area contributed by atoms with Crippen molar-refractivity contribution in [2.75, 3.05) is 13.2 Å². The molecule has 17 heavy (non-hydrogen) atoms. The van der Waals surface area contributed by atoms with Gasteiger partial charge in [0.1, 0.15) is 11.5 Å². The lowest BCUT2D eigenvalue weighted by atomic mass is 9.92. The maximum Gasteiger partial charge on any atom is 0.122 e. The van der Waals surface area contributed by atoms with Crippen LogP contribution in [0.25, 0.3) is 0 Å². The van der Waals surface area contributed by atoms with E-state index in [1.54, 1.807) is 0 Å². The van der Waals surface area contributed by atoms with Crippen LogP contribution in [0.1, 0.15) is 27.2 Å². The first-order valence-electron chi connectivity index (χ1n) is 5.84. The van der Waals surface area contributed by atoms with Gasteiger partial charge in [-0.25, -0.2) is 0 Å². The Hall–Kier alpha value is -1.69. The fraction of sp³-hybridized carbons (Fsp3) is 0.500. The van der Waals surface area contributed by atoms with E-state index in [0.29, 0.717) is 19.6 Å². The highest BCUT2D eigenvalue weighted by Crippen LogP contribution is 2.22. The quantitative estimate of drug-likeness (QED) is 0.756. The van der Waals surface area contributed by atoms with Crippen LogP contribution in [0.3, 0.4) is 0 Å². The highest BCUT2D eigenvalue weighted by atomic mass is 16.5. The van der Waals surface area contributed by atoms with E-state index in [4.69, 9.17) is 14.7 Å². The summed E-state index contributed by atoms with van der Waals surface area (Å²) in [4.78, 5) is 0. The molecule has 1 aromatic carbocycles. The molecule has 0 aliphatic carbocycles. The molecule has 0 unspecified atom stereocenters. The Labute approximate surface area is 103 Å². The molecule has 3 heteroatoms. The number of rotatable bonds is 6. The number of ether oxygens (including phenoxy) is 2. The van der Waals surface area contributed by atoms with E-state index in [9.17, 15) is 0 Å². The normalized spacial score (nSPS) is 10.7. The van der Waals surface area contributed by atoms with E-state index in [1.165, 1.54) is 0 Å². The van der Waals surface area contributed by atoms with Crippen molar-refractivity contribution in [3.05, 3.63) is 24.3 Å². The van der Waals surface area contributed by atoms with Crippen LogP contribution in [0.15, 0.2) is 24.3 Å². The first kappa shape index (κ1) is 13.4. The molecule has 0 N–H and O–H groups in total. The van der Waals surface area contributed by atoms with Gasteiger partial charge in [0.15, 0.2) is 0 Å². The fourth-order valence-corrected chi connectivity index (χ4v) is 1.30. The van der Waals surface area contributed by atoms with Gasteiger partial charge in [0.25, 0.3) is 0 Å². The van der Waals surface area contributed by atoms with Crippen molar-refractivity contribution >= 4 is 0 Å². The van der Waals surface area contributed by atoms with Gasteiger partial charge < -0.3 is 9.47 Å². The van der Waals surface area contributed by atoms with E-state index >= 15 is 0 Å². The lowest BCUT2D eigenvalue weighted by molar-refractivity contribution is 0.262. The Morgan fingerprint density at radius 1 is 1.24 bits per heavy atom. The molecule has 0 saturated heterocycles. The molecule has 0 bridgehead atoms. The molecule has 0 aliphatic heterocycles. The van der Waals surface area contributed by atoms with Crippen LogP contribution >= 0.6 is 0 Å². The average Bonchev–Trinajstić information content (AvgIpc) is 2.30. The van der Waals surface area contributed by atoms with Gasteiger partial charge in [-0.2, -0.15) is 5.26 Å². The van der Waals surface area contributed by atoms with Crippen molar-refractivity contribution in [3.8, 4) is 17.6 Å². The van der Waals surface area contributed by atoms with Crippen LogP contribution in [0, 0.1) is 16.7 Å². The molecule has 0 atom stereocenters. The Bertz CT molecular complexity index is 393. The van der Waals surface area contributed by atoms with Gasteiger partial charge in [-0.3, -0.25) is 0 Å². The molecule has 0 aliphatic rings. The molecule has 0 amide bonds. The molecule has 1 rings (SSSR count). The van der Waals surface area contributed by atoms with Gasteiger partial charge in [0.2, 0.25) is 0 Å². The van der Waals surface area contributed by atoms with Gasteiger partial charge in [0.05, 0.1) is 24.7 Å². The number of benzene rings is 1. The second-order valence-corrected chi connectivity index (χ2v) is 4.50. The van der Waals surface area contributed by atoms with Crippen molar-refractivity contribution < 1.29 is 9.47 Å². The summed E-state index contributed by atoms with van der Waals surface area (Å²) in [5, 5.41) is 8.88. The van der Waals surface area contributed by atoms with E-state index in [0.717, 1.165) is 11.5 Å². The Kier molecular flexibility index (Phi) is 4.84. The van der Waals surface area contributed by atoms with Crippen molar-refractivity contribution in [2.24, 2.45) is 5.41 Å². The monoisotopic (exact) mass is 233 g/mol. The topological polar surface area (TPSA) is 42.2 Å². The smallest absolute Gasteiger partial charge is 0.122 e. The van der Waals surface area contributed by atoms with Crippen LogP contribution in [0.2, 0.25) is 0 Å². The van der Waals surface area contributed by atoms with E-state index in [2.05, 4.69) is 6.07 Å². The third kappa shape index (κ3) is 4.78. The number of nitrogens with zero attached hydrogens (tertiary/aromatic N) is 1.